The molecule has 0 amide bonds. The van der Waals surface area contributed by atoms with Crippen LogP contribution in [0.2, 0.25) is 0 Å². The highest BCUT2D eigenvalue weighted by Crippen LogP contribution is 2.34. The fourth-order valence-corrected chi connectivity index (χ4v) is 3.17. The summed E-state index contributed by atoms with van der Waals surface area (Å²) in [6, 6.07) is 25.9. The van der Waals surface area contributed by atoms with E-state index in [1.807, 2.05) is 71.2 Å². The van der Waals surface area contributed by atoms with Gasteiger partial charge in [-0.05, 0) is 35.9 Å². The highest BCUT2D eigenvalue weighted by molar-refractivity contribution is 5.89. The van der Waals surface area contributed by atoms with Gasteiger partial charge in [0.05, 0.1) is 11.8 Å². The third-order valence-electron chi connectivity index (χ3n) is 4.39. The predicted molar refractivity (Wildman–Crippen MR) is 106 cm³/mol. The zero-order valence-corrected chi connectivity index (χ0v) is 14.4. The molecule has 0 unspecified atom stereocenters. The first-order valence-corrected chi connectivity index (χ1v) is 8.69. The Balaban J connectivity index is 1.76. The lowest BCUT2D eigenvalue weighted by atomic mass is 10.1. The third kappa shape index (κ3) is 2.75. The van der Waals surface area contributed by atoms with Gasteiger partial charge in [0.25, 0.3) is 0 Å². The lowest BCUT2D eigenvalue weighted by Gasteiger charge is -2.06. The molecule has 3 aromatic heterocycles. The molecule has 0 radical (unpaired) electrons. The van der Waals surface area contributed by atoms with E-state index < -0.39 is 0 Å². The third-order valence-corrected chi connectivity index (χ3v) is 4.39. The molecule has 2 aromatic carbocycles. The van der Waals surface area contributed by atoms with Gasteiger partial charge in [-0.2, -0.15) is 0 Å². The number of nitrogens with zero attached hydrogens (tertiary/aromatic N) is 3. The molecule has 0 saturated heterocycles. The van der Waals surface area contributed by atoms with Gasteiger partial charge in [-0.15, -0.1) is 5.10 Å². The maximum absolute atomic E-state index is 5.59. The van der Waals surface area contributed by atoms with Gasteiger partial charge in [0.2, 0.25) is 0 Å². The van der Waals surface area contributed by atoms with Gasteiger partial charge >= 0.3 is 0 Å². The Morgan fingerprint density at radius 2 is 1.59 bits per heavy atom. The van der Waals surface area contributed by atoms with Crippen LogP contribution in [0, 0.1) is 0 Å². The summed E-state index contributed by atoms with van der Waals surface area (Å²) in [6.07, 6.45) is 3.44. The molecule has 0 spiro atoms. The van der Waals surface area contributed by atoms with Crippen LogP contribution < -0.4 is 5.32 Å². The number of hydrogen-bond acceptors (Lipinski definition) is 4. The van der Waals surface area contributed by atoms with Crippen molar-refractivity contribution >= 4 is 17.2 Å². The van der Waals surface area contributed by atoms with Gasteiger partial charge < -0.3 is 9.73 Å². The van der Waals surface area contributed by atoms with Crippen LogP contribution in [0.5, 0.6) is 0 Å². The topological polar surface area (TPSA) is 55.4 Å². The fourth-order valence-electron chi connectivity index (χ4n) is 3.17. The number of furan rings is 1. The quantitative estimate of drug-likeness (QED) is 0.470. The first-order valence-electron chi connectivity index (χ1n) is 8.69. The van der Waals surface area contributed by atoms with Crippen LogP contribution in [0.3, 0.4) is 0 Å². The molecule has 0 aliphatic carbocycles. The predicted octanol–water partition coefficient (Wildman–Crippen LogP) is 5.40. The zero-order chi connectivity index (χ0) is 18.1. The Morgan fingerprint density at radius 3 is 2.33 bits per heavy atom. The van der Waals surface area contributed by atoms with E-state index >= 15 is 0 Å². The second-order valence-corrected chi connectivity index (χ2v) is 6.12. The fraction of sp³-hybridized carbons (Fsp3) is 0. The molecular formula is C22H16N4O. The summed E-state index contributed by atoms with van der Waals surface area (Å²) in [6.45, 7) is 0. The normalized spacial score (nSPS) is 11.0. The van der Waals surface area contributed by atoms with E-state index in [9.17, 15) is 0 Å². The summed E-state index contributed by atoms with van der Waals surface area (Å²) < 4.78 is 7.42. The molecule has 5 aromatic rings. The van der Waals surface area contributed by atoms with E-state index in [4.69, 9.17) is 9.52 Å². The van der Waals surface area contributed by atoms with Crippen LogP contribution in [-0.4, -0.2) is 14.6 Å². The zero-order valence-electron chi connectivity index (χ0n) is 14.4. The number of anilines is 2. The number of benzene rings is 2. The Labute approximate surface area is 155 Å². The van der Waals surface area contributed by atoms with Crippen molar-refractivity contribution in [2.45, 2.75) is 0 Å². The molecule has 0 atom stereocenters. The molecule has 0 aliphatic rings. The molecule has 0 fully saturated rings. The molecule has 130 valence electrons. The average molecular weight is 352 g/mol. The highest BCUT2D eigenvalue weighted by atomic mass is 16.3. The van der Waals surface area contributed by atoms with Crippen LogP contribution in [-0.2, 0) is 0 Å². The second kappa shape index (κ2) is 6.46. The highest BCUT2D eigenvalue weighted by Gasteiger charge is 2.19. The summed E-state index contributed by atoms with van der Waals surface area (Å²) in [5.74, 6) is 1.50. The number of fused-ring (bicyclic) bond motifs is 1. The van der Waals surface area contributed by atoms with Crippen LogP contribution >= 0.6 is 0 Å². The minimum Gasteiger partial charge on any atom is -0.463 e. The molecule has 5 nitrogen and oxygen atoms in total. The summed E-state index contributed by atoms with van der Waals surface area (Å²) in [4.78, 5) is 4.61. The van der Waals surface area contributed by atoms with E-state index in [-0.39, 0.29) is 0 Å². The van der Waals surface area contributed by atoms with Crippen molar-refractivity contribution < 1.29 is 4.42 Å². The van der Waals surface area contributed by atoms with Gasteiger partial charge in [-0.25, -0.2) is 9.50 Å². The van der Waals surface area contributed by atoms with Crippen molar-refractivity contribution in [1.29, 1.82) is 0 Å². The molecule has 0 saturated carbocycles. The molecule has 0 bridgehead atoms. The van der Waals surface area contributed by atoms with E-state index in [2.05, 4.69) is 22.4 Å². The summed E-state index contributed by atoms with van der Waals surface area (Å²) in [5, 5.41) is 8.25. The van der Waals surface area contributed by atoms with E-state index in [1.165, 1.54) is 0 Å². The van der Waals surface area contributed by atoms with E-state index in [0.29, 0.717) is 0 Å². The molecule has 0 aliphatic heterocycles. The van der Waals surface area contributed by atoms with Gasteiger partial charge in [-0.1, -0.05) is 48.5 Å². The molecule has 1 N–H and O–H groups in total. The van der Waals surface area contributed by atoms with Crippen molar-refractivity contribution in [3.63, 3.8) is 0 Å². The first-order chi connectivity index (χ1) is 13.4. The van der Waals surface area contributed by atoms with Crippen molar-refractivity contribution in [2.75, 3.05) is 5.32 Å². The number of rotatable bonds is 4. The Morgan fingerprint density at radius 1 is 0.815 bits per heavy atom. The van der Waals surface area contributed by atoms with Crippen molar-refractivity contribution in [2.24, 2.45) is 0 Å². The largest absolute Gasteiger partial charge is 0.463 e. The van der Waals surface area contributed by atoms with Crippen LogP contribution in [0.25, 0.3) is 28.2 Å². The standard InChI is InChI=1S/C22H16N4O/c1-3-8-16(9-4-1)20-21(24-17-10-5-2-6-11-17)25-26-18(13-14-23-22(20)26)19-12-7-15-27-19/h1-15H,(H,24,25). The molecule has 3 heterocycles. The number of aromatic nitrogens is 3. The maximum Gasteiger partial charge on any atom is 0.165 e. The van der Waals surface area contributed by atoms with E-state index in [0.717, 1.165) is 39.7 Å². The molecule has 5 heteroatoms. The minimum atomic E-state index is 0.746. The summed E-state index contributed by atoms with van der Waals surface area (Å²) >= 11 is 0. The molecular weight excluding hydrogens is 336 g/mol. The van der Waals surface area contributed by atoms with E-state index in [1.54, 1.807) is 12.5 Å². The minimum absolute atomic E-state index is 0.746. The SMILES string of the molecule is c1ccc(Nc2nn3c(-c4ccco4)ccnc3c2-c2ccccc2)cc1. The monoisotopic (exact) mass is 352 g/mol. The molecule has 5 rings (SSSR count). The number of para-hydroxylation sites is 1. The lowest BCUT2D eigenvalue weighted by molar-refractivity contribution is 0.577. The van der Waals surface area contributed by atoms with Crippen molar-refractivity contribution in [3.05, 3.63) is 91.3 Å². The summed E-state index contributed by atoms with van der Waals surface area (Å²) in [7, 11) is 0. The van der Waals surface area contributed by atoms with Crippen LogP contribution in [0.15, 0.2) is 95.7 Å². The average Bonchev–Trinajstić information content (AvgIpc) is 3.37. The van der Waals surface area contributed by atoms with Crippen LogP contribution in [0.4, 0.5) is 11.5 Å². The Kier molecular flexibility index (Phi) is 3.68. The van der Waals surface area contributed by atoms with Gasteiger partial charge in [-0.3, -0.25) is 0 Å². The van der Waals surface area contributed by atoms with Crippen LogP contribution in [0.1, 0.15) is 0 Å². The van der Waals surface area contributed by atoms with Gasteiger partial charge in [0.1, 0.15) is 5.69 Å². The number of nitrogens with one attached hydrogen (secondary N) is 1. The molecule has 27 heavy (non-hydrogen) atoms. The Hall–Kier alpha value is -3.86. The van der Waals surface area contributed by atoms with Crippen molar-refractivity contribution in [3.8, 4) is 22.6 Å². The maximum atomic E-state index is 5.59. The lowest BCUT2D eigenvalue weighted by Crippen LogP contribution is -1.96. The van der Waals surface area contributed by atoms with Gasteiger partial charge in [0.15, 0.2) is 17.2 Å². The Bertz CT molecular complexity index is 1180. The van der Waals surface area contributed by atoms with Crippen molar-refractivity contribution in [1.82, 2.24) is 14.6 Å². The number of hydrogen-bond donors (Lipinski definition) is 1. The smallest absolute Gasteiger partial charge is 0.165 e. The van der Waals surface area contributed by atoms with Gasteiger partial charge in [0, 0.05) is 11.9 Å². The summed E-state index contributed by atoms with van der Waals surface area (Å²) in [5.41, 5.74) is 4.59. The second-order valence-electron chi connectivity index (χ2n) is 6.12. The first kappa shape index (κ1) is 15.4.